The molecule has 1 aromatic heterocycles. The Kier molecular flexibility index (Phi) is 2.94. The summed E-state index contributed by atoms with van der Waals surface area (Å²) < 4.78 is 35.1. The normalized spacial score (nSPS) is 15.6. The molecule has 9 heteroatoms. The second kappa shape index (κ2) is 4.53. The number of alkyl halides is 2. The van der Waals surface area contributed by atoms with Crippen LogP contribution >= 0.6 is 11.3 Å². The molecule has 0 radical (unpaired) electrons. The van der Waals surface area contributed by atoms with E-state index >= 15 is 0 Å². The van der Waals surface area contributed by atoms with Crippen molar-refractivity contribution >= 4 is 32.6 Å². The molecule has 1 aliphatic rings. The van der Waals surface area contributed by atoms with E-state index in [1.54, 1.807) is 7.05 Å². The van der Waals surface area contributed by atoms with E-state index in [4.69, 9.17) is 0 Å². The first-order valence-electron chi connectivity index (χ1n) is 5.62. The van der Waals surface area contributed by atoms with Crippen LogP contribution in [-0.4, -0.2) is 30.8 Å². The fraction of sp³-hybridized carbons (Fsp3) is 0.273. The number of thiazole rings is 1. The smallest absolute Gasteiger partial charge is 0.395 e. The van der Waals surface area contributed by atoms with Crippen LogP contribution in [0, 0.1) is 0 Å². The van der Waals surface area contributed by atoms with Crippen molar-refractivity contribution in [2.45, 2.75) is 6.29 Å². The van der Waals surface area contributed by atoms with Crippen LogP contribution in [0.25, 0.3) is 10.2 Å². The number of hydrogen-bond acceptors (Lipinski definition) is 6. The monoisotopic (exact) mass is 301 g/mol. The molecule has 0 unspecified atom stereocenters. The SMILES string of the molecule is CNCC(=O)Nc1nc2cc3c(cc2s1)OC(F)(F)O3. The van der Waals surface area contributed by atoms with E-state index < -0.39 is 6.29 Å². The summed E-state index contributed by atoms with van der Waals surface area (Å²) in [5.74, 6) is -0.349. The van der Waals surface area contributed by atoms with Gasteiger partial charge in [0.2, 0.25) is 5.91 Å². The van der Waals surface area contributed by atoms with Gasteiger partial charge in [-0.1, -0.05) is 11.3 Å². The Morgan fingerprint density at radius 3 is 2.80 bits per heavy atom. The number of ether oxygens (including phenoxy) is 2. The van der Waals surface area contributed by atoms with E-state index in [1.807, 2.05) is 0 Å². The number of likely N-dealkylation sites (N-methyl/N-ethyl adjacent to an activating group) is 1. The number of amides is 1. The summed E-state index contributed by atoms with van der Waals surface area (Å²) in [5.41, 5.74) is 0.454. The maximum atomic E-state index is 12.9. The van der Waals surface area contributed by atoms with Crippen molar-refractivity contribution in [2.24, 2.45) is 0 Å². The standard InChI is InChI=1S/C11H9F2N3O3S/c1-14-4-9(17)16-10-15-5-2-6-7(3-8(5)20-10)19-11(12,13)18-6/h2-3,14H,4H2,1H3,(H,15,16,17). The van der Waals surface area contributed by atoms with Gasteiger partial charge in [-0.25, -0.2) is 4.98 Å². The molecule has 0 fully saturated rings. The van der Waals surface area contributed by atoms with Gasteiger partial charge in [0.25, 0.3) is 0 Å². The van der Waals surface area contributed by atoms with Gasteiger partial charge in [-0.2, -0.15) is 0 Å². The van der Waals surface area contributed by atoms with Crippen molar-refractivity contribution in [1.29, 1.82) is 0 Å². The largest absolute Gasteiger partial charge is 0.586 e. The van der Waals surface area contributed by atoms with Crippen LogP contribution in [0.1, 0.15) is 0 Å². The van der Waals surface area contributed by atoms with E-state index in [-0.39, 0.29) is 24.0 Å². The summed E-state index contributed by atoms with van der Waals surface area (Å²) in [6.45, 7) is 0.158. The summed E-state index contributed by atoms with van der Waals surface area (Å²) in [6, 6.07) is 2.77. The highest BCUT2D eigenvalue weighted by Gasteiger charge is 2.43. The van der Waals surface area contributed by atoms with Crippen LogP contribution in [0.2, 0.25) is 0 Å². The Labute approximate surface area is 115 Å². The highest BCUT2D eigenvalue weighted by Crippen LogP contribution is 2.44. The zero-order valence-electron chi connectivity index (χ0n) is 10.2. The second-order valence-corrected chi connectivity index (χ2v) is 5.06. The molecule has 0 aliphatic carbocycles. The maximum Gasteiger partial charge on any atom is 0.586 e. The minimum absolute atomic E-state index is 0.0424. The average molecular weight is 301 g/mol. The lowest BCUT2D eigenvalue weighted by Crippen LogP contribution is -2.25. The first-order valence-corrected chi connectivity index (χ1v) is 6.43. The van der Waals surface area contributed by atoms with E-state index in [0.29, 0.717) is 15.3 Å². The molecule has 0 spiro atoms. The molecular weight excluding hydrogens is 292 g/mol. The molecule has 0 saturated carbocycles. The number of hydrogen-bond donors (Lipinski definition) is 2. The van der Waals surface area contributed by atoms with Crippen LogP contribution in [0.5, 0.6) is 11.5 Å². The summed E-state index contributed by atoms with van der Waals surface area (Å²) in [5, 5.41) is 5.69. The van der Waals surface area contributed by atoms with Gasteiger partial charge in [0.15, 0.2) is 16.6 Å². The molecule has 1 amide bonds. The lowest BCUT2D eigenvalue weighted by atomic mass is 10.3. The van der Waals surface area contributed by atoms with Crippen molar-refractivity contribution in [3.8, 4) is 11.5 Å². The fourth-order valence-corrected chi connectivity index (χ4v) is 2.64. The molecule has 0 atom stereocenters. The molecule has 2 aromatic rings. The third kappa shape index (κ3) is 2.37. The highest BCUT2D eigenvalue weighted by atomic mass is 32.1. The molecule has 0 saturated heterocycles. The molecular formula is C11H9F2N3O3S. The van der Waals surface area contributed by atoms with E-state index in [1.165, 1.54) is 23.5 Å². The van der Waals surface area contributed by atoms with Crippen LogP contribution in [0.3, 0.4) is 0 Å². The number of fused-ring (bicyclic) bond motifs is 2. The molecule has 3 rings (SSSR count). The molecule has 20 heavy (non-hydrogen) atoms. The third-order valence-electron chi connectivity index (χ3n) is 2.50. The van der Waals surface area contributed by atoms with Crippen LogP contribution in [0.4, 0.5) is 13.9 Å². The quantitative estimate of drug-likeness (QED) is 0.904. The summed E-state index contributed by atoms with van der Waals surface area (Å²) in [4.78, 5) is 15.6. The zero-order valence-corrected chi connectivity index (χ0v) is 11.0. The van der Waals surface area contributed by atoms with Gasteiger partial charge in [0.1, 0.15) is 0 Å². The first-order chi connectivity index (χ1) is 9.47. The Balaban J connectivity index is 1.89. The molecule has 106 valence electrons. The Morgan fingerprint density at radius 2 is 2.10 bits per heavy atom. The Bertz CT molecular complexity index is 644. The lowest BCUT2D eigenvalue weighted by molar-refractivity contribution is -0.286. The van der Waals surface area contributed by atoms with Gasteiger partial charge < -0.3 is 20.1 Å². The van der Waals surface area contributed by atoms with E-state index in [0.717, 1.165) is 0 Å². The minimum Gasteiger partial charge on any atom is -0.395 e. The van der Waals surface area contributed by atoms with Crippen molar-refractivity contribution in [3.63, 3.8) is 0 Å². The van der Waals surface area contributed by atoms with Crippen molar-refractivity contribution in [1.82, 2.24) is 10.3 Å². The Hall–Kier alpha value is -2.00. The molecule has 1 aliphatic heterocycles. The number of nitrogens with zero attached hydrogens (tertiary/aromatic N) is 1. The molecule has 1 aromatic carbocycles. The molecule has 2 N–H and O–H groups in total. The number of benzene rings is 1. The fourth-order valence-electron chi connectivity index (χ4n) is 1.75. The van der Waals surface area contributed by atoms with Gasteiger partial charge in [0.05, 0.1) is 16.8 Å². The predicted molar refractivity (Wildman–Crippen MR) is 68.4 cm³/mol. The number of rotatable bonds is 3. The minimum atomic E-state index is -3.64. The number of carbonyl (C=O) groups is 1. The molecule has 6 nitrogen and oxygen atoms in total. The average Bonchev–Trinajstić information content (AvgIpc) is 2.82. The summed E-state index contributed by atoms with van der Waals surface area (Å²) in [6.07, 6.45) is -3.64. The molecule has 2 heterocycles. The van der Waals surface area contributed by atoms with Crippen molar-refractivity contribution < 1.29 is 23.0 Å². The van der Waals surface area contributed by atoms with E-state index in [2.05, 4.69) is 25.1 Å². The maximum absolute atomic E-state index is 12.9. The topological polar surface area (TPSA) is 72.5 Å². The number of halogens is 2. The lowest BCUT2D eigenvalue weighted by Gasteiger charge is -2.04. The summed E-state index contributed by atoms with van der Waals surface area (Å²) in [7, 11) is 1.65. The number of anilines is 1. The second-order valence-electron chi connectivity index (χ2n) is 4.03. The Morgan fingerprint density at radius 1 is 1.40 bits per heavy atom. The van der Waals surface area contributed by atoms with Crippen LogP contribution < -0.4 is 20.1 Å². The van der Waals surface area contributed by atoms with E-state index in [9.17, 15) is 13.6 Å². The van der Waals surface area contributed by atoms with Gasteiger partial charge in [-0.15, -0.1) is 8.78 Å². The third-order valence-corrected chi connectivity index (χ3v) is 3.43. The van der Waals surface area contributed by atoms with Gasteiger partial charge in [0, 0.05) is 12.1 Å². The van der Waals surface area contributed by atoms with Crippen molar-refractivity contribution in [2.75, 3.05) is 18.9 Å². The predicted octanol–water partition coefficient (Wildman–Crippen LogP) is 1.78. The number of nitrogens with one attached hydrogen (secondary N) is 2. The number of carbonyl (C=O) groups excluding carboxylic acids is 1. The van der Waals surface area contributed by atoms with Gasteiger partial charge in [-0.05, 0) is 7.05 Å². The van der Waals surface area contributed by atoms with Crippen LogP contribution in [0.15, 0.2) is 12.1 Å². The highest BCUT2D eigenvalue weighted by molar-refractivity contribution is 7.22. The number of aromatic nitrogens is 1. The van der Waals surface area contributed by atoms with Crippen molar-refractivity contribution in [3.05, 3.63) is 12.1 Å². The molecule has 0 bridgehead atoms. The summed E-state index contributed by atoms with van der Waals surface area (Å²) >= 11 is 1.17. The first kappa shape index (κ1) is 13.0. The van der Waals surface area contributed by atoms with Crippen LogP contribution in [-0.2, 0) is 4.79 Å². The van der Waals surface area contributed by atoms with Gasteiger partial charge >= 0.3 is 6.29 Å². The van der Waals surface area contributed by atoms with Gasteiger partial charge in [-0.3, -0.25) is 4.79 Å². The zero-order chi connectivity index (χ0) is 14.3.